The molecule has 0 aromatic heterocycles. The summed E-state index contributed by atoms with van der Waals surface area (Å²) in [6.07, 6.45) is 2.27. The minimum Gasteiger partial charge on any atom is -0.354 e. The van der Waals surface area contributed by atoms with Crippen LogP contribution in [0.1, 0.15) is 50.1 Å². The van der Waals surface area contributed by atoms with E-state index < -0.39 is 5.41 Å². The second-order valence-corrected chi connectivity index (χ2v) is 17.7. The van der Waals surface area contributed by atoms with Crippen molar-refractivity contribution in [1.29, 1.82) is 5.41 Å². The number of allylic oxidation sites excluding steroid dienone is 1. The number of hydrogen-bond acceptors (Lipinski definition) is 3. The molecule has 1 aliphatic heterocycles. The van der Waals surface area contributed by atoms with E-state index in [0.29, 0.717) is 5.71 Å². The number of hydrogen-bond donors (Lipinski definition) is 2. The SMILES string of the molecule is N=C(/C(=C1\NC(c2ccccc2)=Cc2cc(N(c3ccc(-c4ccccc4)cc3)c3cccc4c3-c3ccccc3C4(c3ccccc3)c3ccccc3)ccc21)c1ccccc1)c1ccccc1. The van der Waals surface area contributed by atoms with Crippen LogP contribution in [0.2, 0.25) is 0 Å². The summed E-state index contributed by atoms with van der Waals surface area (Å²) in [5.74, 6) is 0. The maximum atomic E-state index is 9.85. The molecule has 2 N–H and O–H groups in total. The van der Waals surface area contributed by atoms with Gasteiger partial charge in [-0.15, -0.1) is 0 Å². The van der Waals surface area contributed by atoms with Crippen molar-refractivity contribution in [2.24, 2.45) is 0 Å². The Balaban J connectivity index is 1.12. The average molecular weight is 882 g/mol. The molecular weight excluding hydrogens is 835 g/mol. The van der Waals surface area contributed by atoms with Gasteiger partial charge in [0.15, 0.2) is 0 Å². The molecule has 1 aliphatic carbocycles. The summed E-state index contributed by atoms with van der Waals surface area (Å²) in [4.78, 5) is 2.45. The van der Waals surface area contributed by atoms with Crippen LogP contribution in [-0.4, -0.2) is 5.71 Å². The standard InChI is InChI=1S/C66H47N3/c67-64(50-28-13-4-14-29-50)62(49-26-11-3-12-27-49)65-56-43-42-55(44-51(56)45-60(68-65)48-24-9-2-10-25-48)69(54-40-38-47(39-41-54)46-22-7-1-8-23-46)61-37-21-36-59-63(61)57-34-19-20-35-58(57)66(59,52-30-15-5-16-31-52)53-32-17-6-18-33-53/h1-45,67-68H/b65-62-,67-64?. The fourth-order valence-corrected chi connectivity index (χ4v) is 10.7. The Kier molecular flexibility index (Phi) is 10.6. The zero-order chi connectivity index (χ0) is 46.2. The molecule has 0 fully saturated rings. The van der Waals surface area contributed by atoms with Gasteiger partial charge >= 0.3 is 0 Å². The lowest BCUT2D eigenvalue weighted by Crippen LogP contribution is -2.28. The molecule has 326 valence electrons. The van der Waals surface area contributed by atoms with Crippen LogP contribution < -0.4 is 10.2 Å². The fraction of sp³-hybridized carbons (Fsp3) is 0.0152. The molecule has 0 spiro atoms. The maximum absolute atomic E-state index is 9.85. The van der Waals surface area contributed by atoms with E-state index in [4.69, 9.17) is 0 Å². The Labute approximate surface area is 404 Å². The highest BCUT2D eigenvalue weighted by Crippen LogP contribution is 2.59. The van der Waals surface area contributed by atoms with Gasteiger partial charge < -0.3 is 10.2 Å². The topological polar surface area (TPSA) is 39.1 Å². The van der Waals surface area contributed by atoms with Crippen LogP contribution in [0.4, 0.5) is 17.1 Å². The number of rotatable bonds is 10. The minimum atomic E-state index is -0.557. The normalized spacial score (nSPS) is 13.8. The summed E-state index contributed by atoms with van der Waals surface area (Å²) in [6, 6.07) is 95.2. The highest BCUT2D eigenvalue weighted by atomic mass is 15.1. The Hall–Kier alpha value is -9.05. The number of benzene rings is 10. The first-order valence-electron chi connectivity index (χ1n) is 23.6. The van der Waals surface area contributed by atoms with E-state index in [-0.39, 0.29) is 0 Å². The first-order chi connectivity index (χ1) is 34.2. The molecule has 0 unspecified atom stereocenters. The van der Waals surface area contributed by atoms with E-state index in [2.05, 4.69) is 247 Å². The molecule has 0 amide bonds. The molecule has 0 saturated carbocycles. The first-order valence-corrected chi connectivity index (χ1v) is 23.6. The number of fused-ring (bicyclic) bond motifs is 4. The zero-order valence-corrected chi connectivity index (χ0v) is 37.9. The second kappa shape index (κ2) is 17.6. The van der Waals surface area contributed by atoms with Gasteiger partial charge in [0.2, 0.25) is 0 Å². The van der Waals surface area contributed by atoms with Crippen LogP contribution in [-0.2, 0) is 5.41 Å². The highest BCUT2D eigenvalue weighted by Gasteiger charge is 2.47. The van der Waals surface area contributed by atoms with Crippen molar-refractivity contribution >= 4 is 45.8 Å². The molecule has 10 aromatic carbocycles. The van der Waals surface area contributed by atoms with Gasteiger partial charge in [0.25, 0.3) is 0 Å². The molecule has 3 heteroatoms. The van der Waals surface area contributed by atoms with E-state index in [9.17, 15) is 5.41 Å². The predicted octanol–water partition coefficient (Wildman–Crippen LogP) is 16.2. The molecule has 69 heavy (non-hydrogen) atoms. The number of nitrogens with one attached hydrogen (secondary N) is 2. The Bertz CT molecular complexity index is 3510. The summed E-state index contributed by atoms with van der Waals surface area (Å²) in [6.45, 7) is 0. The van der Waals surface area contributed by atoms with Crippen molar-refractivity contribution in [2.45, 2.75) is 5.41 Å². The molecule has 2 aliphatic rings. The number of anilines is 3. The van der Waals surface area contributed by atoms with Crippen molar-refractivity contribution in [2.75, 3.05) is 4.90 Å². The third-order valence-electron chi connectivity index (χ3n) is 13.8. The smallest absolute Gasteiger partial charge is 0.0714 e. The molecule has 10 aromatic rings. The summed E-state index contributed by atoms with van der Waals surface area (Å²) in [5, 5.41) is 13.7. The van der Waals surface area contributed by atoms with Gasteiger partial charge in [-0.25, -0.2) is 0 Å². The Morgan fingerprint density at radius 2 is 0.913 bits per heavy atom. The third kappa shape index (κ3) is 7.20. The van der Waals surface area contributed by atoms with Crippen LogP contribution in [0.3, 0.4) is 0 Å². The molecule has 3 nitrogen and oxygen atoms in total. The molecular formula is C66H47N3. The van der Waals surface area contributed by atoms with E-state index in [1.165, 1.54) is 38.9 Å². The Morgan fingerprint density at radius 1 is 0.406 bits per heavy atom. The number of nitrogens with zero attached hydrogens (tertiary/aromatic N) is 1. The van der Waals surface area contributed by atoms with Gasteiger partial charge in [-0.2, -0.15) is 0 Å². The molecule has 1 heterocycles. The van der Waals surface area contributed by atoms with E-state index in [1.807, 2.05) is 36.4 Å². The van der Waals surface area contributed by atoms with Crippen molar-refractivity contribution in [3.05, 3.63) is 317 Å². The summed E-state index contributed by atoms with van der Waals surface area (Å²) in [5.41, 5.74) is 20.4. The lowest BCUT2D eigenvalue weighted by molar-refractivity contribution is 0.768. The van der Waals surface area contributed by atoms with Crippen molar-refractivity contribution in [1.82, 2.24) is 5.32 Å². The third-order valence-corrected chi connectivity index (χ3v) is 13.8. The van der Waals surface area contributed by atoms with Gasteiger partial charge in [-0.3, -0.25) is 5.41 Å². The van der Waals surface area contributed by atoms with Gasteiger partial charge in [0.05, 0.1) is 22.5 Å². The second-order valence-electron chi connectivity index (χ2n) is 17.7. The van der Waals surface area contributed by atoms with Crippen molar-refractivity contribution in [3.63, 3.8) is 0 Å². The van der Waals surface area contributed by atoms with Crippen LogP contribution in [0, 0.1) is 5.41 Å². The molecule has 0 atom stereocenters. The zero-order valence-electron chi connectivity index (χ0n) is 37.9. The predicted molar refractivity (Wildman–Crippen MR) is 288 cm³/mol. The van der Waals surface area contributed by atoms with Crippen LogP contribution in [0.25, 0.3) is 45.3 Å². The van der Waals surface area contributed by atoms with E-state index in [0.717, 1.165) is 67.4 Å². The van der Waals surface area contributed by atoms with Crippen molar-refractivity contribution in [3.8, 4) is 22.3 Å². The van der Waals surface area contributed by atoms with Gasteiger partial charge in [0.1, 0.15) is 0 Å². The lowest BCUT2D eigenvalue weighted by Gasteiger charge is -2.34. The van der Waals surface area contributed by atoms with Gasteiger partial charge in [-0.1, -0.05) is 237 Å². The average Bonchev–Trinajstić information content (AvgIpc) is 3.74. The van der Waals surface area contributed by atoms with Crippen LogP contribution in [0.5, 0.6) is 0 Å². The largest absolute Gasteiger partial charge is 0.354 e. The van der Waals surface area contributed by atoms with Crippen LogP contribution in [0.15, 0.2) is 267 Å². The molecule has 0 radical (unpaired) electrons. The summed E-state index contributed by atoms with van der Waals surface area (Å²) in [7, 11) is 0. The minimum absolute atomic E-state index is 0.451. The van der Waals surface area contributed by atoms with Crippen LogP contribution >= 0.6 is 0 Å². The molecule has 0 bridgehead atoms. The lowest BCUT2D eigenvalue weighted by atomic mass is 9.68. The van der Waals surface area contributed by atoms with E-state index in [1.54, 1.807) is 0 Å². The van der Waals surface area contributed by atoms with Gasteiger partial charge in [-0.05, 0) is 92.0 Å². The quantitative estimate of drug-likeness (QED) is 0.134. The van der Waals surface area contributed by atoms with E-state index >= 15 is 0 Å². The monoisotopic (exact) mass is 881 g/mol. The maximum Gasteiger partial charge on any atom is 0.0714 e. The van der Waals surface area contributed by atoms with Gasteiger partial charge in [0, 0.05) is 39.3 Å². The summed E-state index contributed by atoms with van der Waals surface area (Å²) >= 11 is 0. The highest BCUT2D eigenvalue weighted by molar-refractivity contribution is 6.36. The molecule has 12 rings (SSSR count). The summed E-state index contributed by atoms with van der Waals surface area (Å²) < 4.78 is 0. The molecule has 0 saturated heterocycles. The Morgan fingerprint density at radius 3 is 1.55 bits per heavy atom. The first kappa shape index (κ1) is 41.4. The van der Waals surface area contributed by atoms with Crippen molar-refractivity contribution < 1.29 is 0 Å². The fourth-order valence-electron chi connectivity index (χ4n) is 10.7.